The first kappa shape index (κ1) is 23.6. The van der Waals surface area contributed by atoms with E-state index in [1.807, 2.05) is 0 Å². The highest BCUT2D eigenvalue weighted by Gasteiger charge is 2.41. The van der Waals surface area contributed by atoms with Crippen LogP contribution in [-0.4, -0.2) is 56.3 Å². The van der Waals surface area contributed by atoms with Gasteiger partial charge in [0.05, 0.1) is 18.3 Å². The van der Waals surface area contributed by atoms with E-state index in [1.165, 1.54) is 17.6 Å². The maximum absolute atomic E-state index is 14.3. The third-order valence-corrected chi connectivity index (χ3v) is 6.86. The molecule has 1 aromatic heterocycles. The second kappa shape index (κ2) is 10.6. The normalized spacial score (nSPS) is 22.3. The van der Waals surface area contributed by atoms with Crippen molar-refractivity contribution in [2.24, 2.45) is 11.7 Å². The summed E-state index contributed by atoms with van der Waals surface area (Å²) >= 11 is 6.14. The number of nitrogens with two attached hydrogens (primary N) is 1. The van der Waals surface area contributed by atoms with Crippen molar-refractivity contribution >= 4 is 23.4 Å². The maximum atomic E-state index is 14.3. The number of aromatic nitrogens is 3. The first-order chi connectivity index (χ1) is 15.9. The minimum atomic E-state index is -1.25. The molecule has 8 nitrogen and oxygen atoms in total. The Kier molecular flexibility index (Phi) is 7.60. The predicted molar refractivity (Wildman–Crippen MR) is 122 cm³/mol. The zero-order valence-electron chi connectivity index (χ0n) is 18.5. The van der Waals surface area contributed by atoms with Gasteiger partial charge in [-0.1, -0.05) is 43.7 Å². The molecule has 1 saturated carbocycles. The molecular weight excluding hydrogens is 447 g/mol. The summed E-state index contributed by atoms with van der Waals surface area (Å²) in [6.45, 7) is 0.0505. The third-order valence-electron chi connectivity index (χ3n) is 6.63. The second-order valence-corrected chi connectivity index (χ2v) is 9.45. The molecular formula is C23H30ClFN6O2. The number of benzene rings is 1. The Morgan fingerprint density at radius 1 is 1.27 bits per heavy atom. The standard InChI is InChI=1S/C23H30ClFN6O2/c24-17-6-7-20(31-14-27-13-29-31)16(9-17)11-28-22(32)21-10-18(25)12-30(21)23(33)19(26)8-15-4-2-1-3-5-15/h6-7,9,13-15,18-19,21H,1-5,8,10-12,26H2,(H,28,32)/t18-,19-,21+/m1/s1. The Hall–Kier alpha value is -2.52. The zero-order chi connectivity index (χ0) is 23.4. The molecule has 1 aliphatic heterocycles. The number of amides is 2. The summed E-state index contributed by atoms with van der Waals surface area (Å²) in [4.78, 5) is 31.3. The van der Waals surface area contributed by atoms with E-state index in [1.54, 1.807) is 29.2 Å². The summed E-state index contributed by atoms with van der Waals surface area (Å²) < 4.78 is 15.9. The molecule has 3 N–H and O–H groups in total. The summed E-state index contributed by atoms with van der Waals surface area (Å²) in [5, 5.41) is 7.48. The molecule has 0 spiro atoms. The molecule has 1 aliphatic carbocycles. The largest absolute Gasteiger partial charge is 0.350 e. The van der Waals surface area contributed by atoms with Crippen molar-refractivity contribution in [2.45, 2.75) is 69.7 Å². The molecule has 1 saturated heterocycles. The number of likely N-dealkylation sites (tertiary alicyclic amines) is 1. The molecule has 1 aromatic carbocycles. The van der Waals surface area contributed by atoms with Crippen LogP contribution in [0.25, 0.3) is 5.69 Å². The van der Waals surface area contributed by atoms with Gasteiger partial charge in [-0.15, -0.1) is 0 Å². The average molecular weight is 477 g/mol. The lowest BCUT2D eigenvalue weighted by atomic mass is 9.84. The number of rotatable bonds is 7. The first-order valence-electron chi connectivity index (χ1n) is 11.5. The molecule has 4 rings (SSSR count). The van der Waals surface area contributed by atoms with Crippen LogP contribution >= 0.6 is 11.6 Å². The van der Waals surface area contributed by atoms with Crippen LogP contribution in [0.4, 0.5) is 4.39 Å². The van der Waals surface area contributed by atoms with E-state index in [2.05, 4.69) is 15.4 Å². The third kappa shape index (κ3) is 5.70. The van der Waals surface area contributed by atoms with Crippen molar-refractivity contribution < 1.29 is 14.0 Å². The highest BCUT2D eigenvalue weighted by atomic mass is 35.5. The van der Waals surface area contributed by atoms with Gasteiger partial charge in [-0.2, -0.15) is 5.10 Å². The van der Waals surface area contributed by atoms with Gasteiger partial charge >= 0.3 is 0 Å². The molecule has 2 fully saturated rings. The molecule has 2 aliphatic rings. The van der Waals surface area contributed by atoms with Gasteiger partial charge in [0, 0.05) is 18.0 Å². The number of alkyl halides is 1. The maximum Gasteiger partial charge on any atom is 0.243 e. The van der Waals surface area contributed by atoms with Crippen LogP contribution in [0, 0.1) is 5.92 Å². The van der Waals surface area contributed by atoms with Gasteiger partial charge in [0.2, 0.25) is 11.8 Å². The van der Waals surface area contributed by atoms with Gasteiger partial charge in [-0.05, 0) is 36.1 Å². The summed E-state index contributed by atoms with van der Waals surface area (Å²) in [7, 11) is 0. The number of carbonyl (C=O) groups is 2. The van der Waals surface area contributed by atoms with Crippen molar-refractivity contribution in [1.82, 2.24) is 25.0 Å². The Balaban J connectivity index is 1.41. The van der Waals surface area contributed by atoms with E-state index in [0.29, 0.717) is 17.4 Å². The fraction of sp³-hybridized carbons (Fsp3) is 0.565. The summed E-state index contributed by atoms with van der Waals surface area (Å²) in [6, 6.07) is 3.66. The van der Waals surface area contributed by atoms with Crippen molar-refractivity contribution in [3.8, 4) is 5.69 Å². The summed E-state index contributed by atoms with van der Waals surface area (Å²) in [5.41, 5.74) is 7.66. The first-order valence-corrected chi connectivity index (χ1v) is 11.9. The fourth-order valence-corrected chi connectivity index (χ4v) is 5.12. The lowest BCUT2D eigenvalue weighted by Gasteiger charge is -2.29. The molecule has 33 heavy (non-hydrogen) atoms. The van der Waals surface area contributed by atoms with Crippen LogP contribution < -0.4 is 11.1 Å². The van der Waals surface area contributed by atoms with E-state index >= 15 is 0 Å². The Labute approximate surface area is 197 Å². The predicted octanol–water partition coefficient (Wildman–Crippen LogP) is 2.77. The molecule has 3 atom stereocenters. The van der Waals surface area contributed by atoms with Crippen LogP contribution in [-0.2, 0) is 16.1 Å². The highest BCUT2D eigenvalue weighted by Crippen LogP contribution is 2.29. The number of carbonyl (C=O) groups excluding carboxylic acids is 2. The quantitative estimate of drug-likeness (QED) is 0.639. The van der Waals surface area contributed by atoms with E-state index < -0.39 is 24.2 Å². The van der Waals surface area contributed by atoms with Crippen molar-refractivity contribution in [3.63, 3.8) is 0 Å². The van der Waals surface area contributed by atoms with Crippen LogP contribution in [0.5, 0.6) is 0 Å². The van der Waals surface area contributed by atoms with Gasteiger partial charge < -0.3 is 16.0 Å². The highest BCUT2D eigenvalue weighted by molar-refractivity contribution is 6.30. The van der Waals surface area contributed by atoms with Gasteiger partial charge in [0.25, 0.3) is 0 Å². The van der Waals surface area contributed by atoms with Crippen molar-refractivity contribution in [1.29, 1.82) is 0 Å². The van der Waals surface area contributed by atoms with Crippen LogP contribution in [0.2, 0.25) is 5.02 Å². The van der Waals surface area contributed by atoms with Crippen LogP contribution in [0.1, 0.15) is 50.5 Å². The molecule has 10 heteroatoms. The lowest BCUT2D eigenvalue weighted by Crippen LogP contribution is -2.51. The average Bonchev–Trinajstić information content (AvgIpc) is 3.47. The minimum Gasteiger partial charge on any atom is -0.350 e. The Morgan fingerprint density at radius 3 is 2.79 bits per heavy atom. The Bertz CT molecular complexity index is 966. The molecule has 2 amide bonds. The van der Waals surface area contributed by atoms with Crippen molar-refractivity contribution in [2.75, 3.05) is 6.54 Å². The lowest BCUT2D eigenvalue weighted by molar-refractivity contribution is -0.139. The number of nitrogens with zero attached hydrogens (tertiary/aromatic N) is 4. The second-order valence-electron chi connectivity index (χ2n) is 9.02. The number of halogens is 2. The minimum absolute atomic E-state index is 0.0286. The van der Waals surface area contributed by atoms with E-state index in [-0.39, 0.29) is 25.4 Å². The molecule has 0 radical (unpaired) electrons. The topological polar surface area (TPSA) is 106 Å². The monoisotopic (exact) mass is 476 g/mol. The number of nitrogens with one attached hydrogen (secondary N) is 1. The smallest absolute Gasteiger partial charge is 0.243 e. The Morgan fingerprint density at radius 2 is 2.06 bits per heavy atom. The van der Waals surface area contributed by atoms with Gasteiger partial charge in [-0.3, -0.25) is 9.59 Å². The zero-order valence-corrected chi connectivity index (χ0v) is 19.3. The van der Waals surface area contributed by atoms with Gasteiger partial charge in [-0.25, -0.2) is 14.1 Å². The molecule has 2 heterocycles. The van der Waals surface area contributed by atoms with Crippen LogP contribution in [0.15, 0.2) is 30.9 Å². The van der Waals surface area contributed by atoms with Crippen LogP contribution in [0.3, 0.4) is 0 Å². The molecule has 0 bridgehead atoms. The van der Waals surface area contributed by atoms with E-state index in [9.17, 15) is 14.0 Å². The van der Waals surface area contributed by atoms with Crippen molar-refractivity contribution in [3.05, 3.63) is 41.4 Å². The molecule has 2 aromatic rings. The van der Waals surface area contributed by atoms with Gasteiger partial charge in [0.15, 0.2) is 0 Å². The summed E-state index contributed by atoms with van der Waals surface area (Å²) in [6.07, 6.45) is 7.97. The molecule has 178 valence electrons. The van der Waals surface area contributed by atoms with E-state index in [0.717, 1.165) is 36.9 Å². The van der Waals surface area contributed by atoms with E-state index in [4.69, 9.17) is 17.3 Å². The number of hydrogen-bond acceptors (Lipinski definition) is 5. The number of hydrogen-bond donors (Lipinski definition) is 2. The fourth-order valence-electron chi connectivity index (χ4n) is 4.92. The summed E-state index contributed by atoms with van der Waals surface area (Å²) in [5.74, 6) is -0.323. The van der Waals surface area contributed by atoms with Gasteiger partial charge in [0.1, 0.15) is 24.9 Å². The SMILES string of the molecule is N[C@H](CC1CCCCC1)C(=O)N1C[C@H](F)C[C@H]1C(=O)NCc1cc(Cl)ccc1-n1cncn1. The molecule has 0 unspecified atom stereocenters.